The van der Waals surface area contributed by atoms with Crippen molar-refractivity contribution in [3.05, 3.63) is 35.6 Å². The number of benzene rings is 1. The number of piperidine rings is 1. The molecule has 1 aliphatic heterocycles. The Bertz CT molecular complexity index is 491. The van der Waals surface area contributed by atoms with Crippen LogP contribution in [0.3, 0.4) is 0 Å². The second kappa shape index (κ2) is 7.03. The van der Waals surface area contributed by atoms with E-state index < -0.39 is 0 Å². The number of hydrogen-bond acceptors (Lipinski definition) is 2. The summed E-state index contributed by atoms with van der Waals surface area (Å²) in [6, 6.07) is 6.62. The number of halogens is 1. The predicted molar refractivity (Wildman–Crippen MR) is 82.2 cm³/mol. The van der Waals surface area contributed by atoms with Gasteiger partial charge in [-0.3, -0.25) is 4.79 Å². The Hall–Kier alpha value is -1.42. The van der Waals surface area contributed by atoms with E-state index in [9.17, 15) is 9.18 Å². The van der Waals surface area contributed by atoms with Crippen molar-refractivity contribution >= 4 is 5.91 Å². The number of nitrogens with two attached hydrogens (primary N) is 1. The highest BCUT2D eigenvalue weighted by Gasteiger charge is 2.32. The van der Waals surface area contributed by atoms with Crippen molar-refractivity contribution in [1.82, 2.24) is 4.90 Å². The quantitative estimate of drug-likeness (QED) is 0.927. The third-order valence-corrected chi connectivity index (χ3v) is 4.49. The van der Waals surface area contributed by atoms with Crippen LogP contribution in [0.5, 0.6) is 0 Å². The Morgan fingerprint density at radius 1 is 1.52 bits per heavy atom. The maximum absolute atomic E-state index is 13.2. The van der Waals surface area contributed by atoms with Crippen molar-refractivity contribution in [1.29, 1.82) is 0 Å². The first kappa shape index (κ1) is 16.0. The van der Waals surface area contributed by atoms with E-state index in [0.717, 1.165) is 24.9 Å². The molecule has 0 radical (unpaired) electrons. The summed E-state index contributed by atoms with van der Waals surface area (Å²) in [5.41, 5.74) is 6.72. The number of carbonyl (C=O) groups is 1. The lowest BCUT2D eigenvalue weighted by Gasteiger charge is -2.40. The number of carbonyl (C=O) groups excluding carboxylic acids is 1. The third-order valence-electron chi connectivity index (χ3n) is 4.49. The fourth-order valence-electron chi connectivity index (χ4n) is 3.27. The van der Waals surface area contributed by atoms with Crippen LogP contribution < -0.4 is 5.73 Å². The third kappa shape index (κ3) is 3.82. The van der Waals surface area contributed by atoms with Gasteiger partial charge in [-0.1, -0.05) is 26.0 Å². The molecule has 2 N–H and O–H groups in total. The summed E-state index contributed by atoms with van der Waals surface area (Å²) < 4.78 is 13.2. The normalized spacial score (nSPS) is 23.9. The van der Waals surface area contributed by atoms with Crippen molar-refractivity contribution in [2.45, 2.75) is 39.2 Å². The van der Waals surface area contributed by atoms with Gasteiger partial charge in [-0.15, -0.1) is 0 Å². The first-order chi connectivity index (χ1) is 10.0. The number of nitrogens with zero attached hydrogens (tertiary/aromatic N) is 1. The SMILES string of the molecule is CC(Cc1cccc(F)c1)C(=O)N1CCCC(C)C1CN. The van der Waals surface area contributed by atoms with Gasteiger partial charge < -0.3 is 10.6 Å². The minimum absolute atomic E-state index is 0.140. The second-order valence-corrected chi connectivity index (χ2v) is 6.19. The van der Waals surface area contributed by atoms with Gasteiger partial charge in [0.2, 0.25) is 5.91 Å². The molecular weight excluding hydrogens is 267 g/mol. The molecule has 1 aliphatic rings. The lowest BCUT2D eigenvalue weighted by atomic mass is 9.89. The van der Waals surface area contributed by atoms with E-state index in [-0.39, 0.29) is 23.7 Å². The molecule has 2 rings (SSSR count). The van der Waals surface area contributed by atoms with Crippen LogP contribution in [0.25, 0.3) is 0 Å². The number of amides is 1. The molecule has 21 heavy (non-hydrogen) atoms. The predicted octanol–water partition coefficient (Wildman–Crippen LogP) is 2.59. The molecule has 1 aromatic carbocycles. The van der Waals surface area contributed by atoms with E-state index in [2.05, 4.69) is 6.92 Å². The molecule has 1 heterocycles. The van der Waals surface area contributed by atoms with Crippen molar-refractivity contribution in [2.24, 2.45) is 17.6 Å². The van der Waals surface area contributed by atoms with Crippen molar-refractivity contribution in [2.75, 3.05) is 13.1 Å². The molecule has 4 heteroatoms. The maximum Gasteiger partial charge on any atom is 0.226 e. The number of rotatable bonds is 4. The van der Waals surface area contributed by atoms with Crippen LogP contribution in [0.4, 0.5) is 4.39 Å². The smallest absolute Gasteiger partial charge is 0.226 e. The Morgan fingerprint density at radius 2 is 2.29 bits per heavy atom. The maximum atomic E-state index is 13.2. The van der Waals surface area contributed by atoms with Crippen LogP contribution in [0, 0.1) is 17.7 Å². The van der Waals surface area contributed by atoms with E-state index in [1.165, 1.54) is 12.1 Å². The lowest BCUT2D eigenvalue weighted by molar-refractivity contribution is -0.139. The van der Waals surface area contributed by atoms with E-state index in [1.54, 1.807) is 6.07 Å². The first-order valence-corrected chi connectivity index (χ1v) is 7.78. The molecule has 1 fully saturated rings. The summed E-state index contributed by atoms with van der Waals surface area (Å²) in [5, 5.41) is 0. The molecule has 0 aliphatic carbocycles. The largest absolute Gasteiger partial charge is 0.338 e. The Morgan fingerprint density at radius 3 is 2.95 bits per heavy atom. The molecule has 3 atom stereocenters. The van der Waals surface area contributed by atoms with Gasteiger partial charge in [-0.05, 0) is 42.9 Å². The minimum Gasteiger partial charge on any atom is -0.338 e. The Kier molecular flexibility index (Phi) is 5.34. The monoisotopic (exact) mass is 292 g/mol. The number of hydrogen-bond donors (Lipinski definition) is 1. The van der Waals surface area contributed by atoms with E-state index in [0.29, 0.717) is 18.9 Å². The van der Waals surface area contributed by atoms with Gasteiger partial charge in [0.1, 0.15) is 5.82 Å². The zero-order chi connectivity index (χ0) is 15.4. The summed E-state index contributed by atoms with van der Waals surface area (Å²) in [6.07, 6.45) is 2.73. The highest BCUT2D eigenvalue weighted by Crippen LogP contribution is 2.25. The van der Waals surface area contributed by atoms with Crippen LogP contribution in [0.15, 0.2) is 24.3 Å². The van der Waals surface area contributed by atoms with Gasteiger partial charge >= 0.3 is 0 Å². The fraction of sp³-hybridized carbons (Fsp3) is 0.588. The van der Waals surface area contributed by atoms with Crippen LogP contribution in [-0.4, -0.2) is 29.9 Å². The lowest BCUT2D eigenvalue weighted by Crippen LogP contribution is -2.53. The molecule has 0 aromatic heterocycles. The molecular formula is C17H25FN2O. The van der Waals surface area contributed by atoms with Gasteiger partial charge in [0, 0.05) is 25.0 Å². The average molecular weight is 292 g/mol. The van der Waals surface area contributed by atoms with Crippen LogP contribution >= 0.6 is 0 Å². The number of likely N-dealkylation sites (tertiary alicyclic amines) is 1. The van der Waals surface area contributed by atoms with Gasteiger partial charge in [0.25, 0.3) is 0 Å². The molecule has 3 nitrogen and oxygen atoms in total. The zero-order valence-corrected chi connectivity index (χ0v) is 12.9. The molecule has 1 amide bonds. The average Bonchev–Trinajstić information content (AvgIpc) is 2.46. The molecule has 116 valence electrons. The Balaban J connectivity index is 2.04. The molecule has 3 unspecified atom stereocenters. The second-order valence-electron chi connectivity index (χ2n) is 6.19. The summed E-state index contributed by atoms with van der Waals surface area (Å²) in [6.45, 7) is 5.38. The van der Waals surface area contributed by atoms with Crippen molar-refractivity contribution < 1.29 is 9.18 Å². The highest BCUT2D eigenvalue weighted by molar-refractivity contribution is 5.79. The van der Waals surface area contributed by atoms with Crippen molar-refractivity contribution in [3.8, 4) is 0 Å². The van der Waals surface area contributed by atoms with Crippen LogP contribution in [-0.2, 0) is 11.2 Å². The fourth-order valence-corrected chi connectivity index (χ4v) is 3.27. The van der Waals surface area contributed by atoms with Gasteiger partial charge in [0.15, 0.2) is 0 Å². The summed E-state index contributed by atoms with van der Waals surface area (Å²) in [5.74, 6) is 0.194. The molecule has 0 bridgehead atoms. The van der Waals surface area contributed by atoms with Gasteiger partial charge in [0.05, 0.1) is 0 Å². The summed E-state index contributed by atoms with van der Waals surface area (Å²) >= 11 is 0. The molecule has 1 saturated heterocycles. The Labute approximate surface area is 126 Å². The van der Waals surface area contributed by atoms with Crippen LogP contribution in [0.2, 0.25) is 0 Å². The van der Waals surface area contributed by atoms with Crippen LogP contribution in [0.1, 0.15) is 32.3 Å². The van der Waals surface area contributed by atoms with Gasteiger partial charge in [-0.2, -0.15) is 0 Å². The standard InChI is InChI=1S/C17H25FN2O/c1-12-5-4-8-20(16(12)11-19)17(21)13(2)9-14-6-3-7-15(18)10-14/h3,6-7,10,12-13,16H,4-5,8-9,11,19H2,1-2H3. The highest BCUT2D eigenvalue weighted by atomic mass is 19.1. The minimum atomic E-state index is -0.251. The van der Waals surface area contributed by atoms with E-state index in [4.69, 9.17) is 5.73 Å². The summed E-state index contributed by atoms with van der Waals surface area (Å²) in [4.78, 5) is 14.6. The molecule has 1 aromatic rings. The molecule has 0 spiro atoms. The molecule has 0 saturated carbocycles. The van der Waals surface area contributed by atoms with Gasteiger partial charge in [-0.25, -0.2) is 4.39 Å². The summed E-state index contributed by atoms with van der Waals surface area (Å²) in [7, 11) is 0. The zero-order valence-electron chi connectivity index (χ0n) is 12.9. The topological polar surface area (TPSA) is 46.3 Å². The van der Waals surface area contributed by atoms with E-state index in [1.807, 2.05) is 17.9 Å². The van der Waals surface area contributed by atoms with E-state index >= 15 is 0 Å². The first-order valence-electron chi connectivity index (χ1n) is 7.78. The van der Waals surface area contributed by atoms with Crippen molar-refractivity contribution in [3.63, 3.8) is 0 Å².